The fourth-order valence-electron chi connectivity index (χ4n) is 4.75. The number of hydrogen-bond acceptors (Lipinski definition) is 5. The first-order valence-corrected chi connectivity index (χ1v) is 9.56. The fourth-order valence-corrected chi connectivity index (χ4v) is 4.75. The van der Waals surface area contributed by atoms with Gasteiger partial charge in [-0.25, -0.2) is 18.4 Å². The molecule has 10 heteroatoms. The Morgan fingerprint density at radius 2 is 2.14 bits per heavy atom. The zero-order valence-electron chi connectivity index (χ0n) is 16.2. The molecule has 0 aromatic rings. The van der Waals surface area contributed by atoms with E-state index >= 15 is 8.78 Å². The van der Waals surface area contributed by atoms with Crippen molar-refractivity contribution in [3.05, 3.63) is 23.3 Å². The minimum absolute atomic E-state index is 0.0110. The number of rotatable bonds is 4. The van der Waals surface area contributed by atoms with Gasteiger partial charge in [-0.15, -0.1) is 0 Å². The maximum absolute atomic E-state index is 15.0. The molecule has 29 heavy (non-hydrogen) atoms. The van der Waals surface area contributed by atoms with Crippen molar-refractivity contribution >= 4 is 18.1 Å². The highest BCUT2D eigenvalue weighted by atomic mass is 19.1. The van der Waals surface area contributed by atoms with Crippen LogP contribution in [-0.4, -0.2) is 73.3 Å². The molecule has 2 aliphatic heterocycles. The summed E-state index contributed by atoms with van der Waals surface area (Å²) in [5, 5.41) is 2.56. The molecule has 0 aromatic carbocycles. The van der Waals surface area contributed by atoms with Crippen LogP contribution in [0, 0.1) is 11.3 Å². The molecular weight excluding hydrogens is 388 g/mol. The summed E-state index contributed by atoms with van der Waals surface area (Å²) in [5.41, 5.74) is -0.684. The van der Waals surface area contributed by atoms with Gasteiger partial charge in [-0.3, -0.25) is 9.69 Å². The number of carbonyl (C=O) groups is 3. The zero-order chi connectivity index (χ0) is 20.9. The summed E-state index contributed by atoms with van der Waals surface area (Å²) < 4.78 is 39.9. The van der Waals surface area contributed by atoms with E-state index in [-0.39, 0.29) is 43.5 Å². The monoisotopic (exact) mass is 411 g/mol. The molecule has 3 amide bonds. The van der Waals surface area contributed by atoms with E-state index in [9.17, 15) is 14.4 Å². The van der Waals surface area contributed by atoms with Crippen molar-refractivity contribution in [1.29, 1.82) is 0 Å². The summed E-state index contributed by atoms with van der Waals surface area (Å²) in [4.78, 5) is 37.7. The van der Waals surface area contributed by atoms with Crippen LogP contribution in [0.1, 0.15) is 19.8 Å². The van der Waals surface area contributed by atoms with Crippen LogP contribution in [0.5, 0.6) is 0 Å². The topological polar surface area (TPSA) is 88.2 Å². The number of piperidine rings is 1. The number of methoxy groups -OCH3 is 1. The number of halogens is 2. The van der Waals surface area contributed by atoms with Gasteiger partial charge in [0.05, 0.1) is 26.2 Å². The quantitative estimate of drug-likeness (QED) is 0.763. The molecule has 2 heterocycles. The second kappa shape index (κ2) is 7.00. The normalized spacial score (nSPS) is 33.3. The molecule has 4 aliphatic rings. The summed E-state index contributed by atoms with van der Waals surface area (Å²) in [5.74, 6) is -1.53. The number of hydrogen-bond donors (Lipinski definition) is 1. The largest absolute Gasteiger partial charge is 0.453 e. The first-order chi connectivity index (χ1) is 13.7. The molecule has 1 saturated carbocycles. The zero-order valence-corrected chi connectivity index (χ0v) is 16.2. The summed E-state index contributed by atoms with van der Waals surface area (Å²) in [6.45, 7) is 2.28. The molecule has 2 saturated heterocycles. The second-order valence-electron chi connectivity index (χ2n) is 8.07. The number of cyclic esters (lactones) is 1. The molecule has 158 valence electrons. The maximum atomic E-state index is 15.0. The van der Waals surface area contributed by atoms with Gasteiger partial charge in [0.25, 0.3) is 0 Å². The number of fused-ring (bicyclic) bond motifs is 1. The van der Waals surface area contributed by atoms with E-state index in [1.807, 2.05) is 0 Å². The number of amides is 3. The molecule has 0 spiro atoms. The Balaban J connectivity index is 1.46. The number of carbonyl (C=O) groups excluding carboxylic acids is 3. The lowest BCUT2D eigenvalue weighted by molar-refractivity contribution is -0.119. The number of allylic oxidation sites excluding steroid dienone is 1. The third-order valence-electron chi connectivity index (χ3n) is 6.19. The first-order valence-electron chi connectivity index (χ1n) is 9.56. The minimum atomic E-state index is -0.791. The SMILES string of the molecule is COC(=O)N1CC2CC2(C2=C(F)CC(N3C[C@H](CNC(C)=O)OC3=O)C=C2F)C1. The summed E-state index contributed by atoms with van der Waals surface area (Å²) in [6.07, 6.45) is 0.0142. The lowest BCUT2D eigenvalue weighted by Gasteiger charge is -2.29. The lowest BCUT2D eigenvalue weighted by Crippen LogP contribution is -2.39. The van der Waals surface area contributed by atoms with Crippen molar-refractivity contribution in [1.82, 2.24) is 15.1 Å². The van der Waals surface area contributed by atoms with Gasteiger partial charge in [-0.05, 0) is 18.4 Å². The van der Waals surface area contributed by atoms with E-state index < -0.39 is 41.4 Å². The molecule has 0 radical (unpaired) electrons. The Morgan fingerprint density at radius 3 is 2.79 bits per heavy atom. The number of nitrogens with one attached hydrogen (secondary N) is 1. The highest BCUT2D eigenvalue weighted by Gasteiger charge is 2.65. The van der Waals surface area contributed by atoms with Crippen molar-refractivity contribution in [2.24, 2.45) is 11.3 Å². The van der Waals surface area contributed by atoms with Gasteiger partial charge in [0.1, 0.15) is 17.8 Å². The van der Waals surface area contributed by atoms with Crippen LogP contribution in [0.15, 0.2) is 23.3 Å². The molecule has 4 atom stereocenters. The van der Waals surface area contributed by atoms with Crippen molar-refractivity contribution in [2.75, 3.05) is 33.3 Å². The molecule has 2 aliphatic carbocycles. The highest BCUT2D eigenvalue weighted by Crippen LogP contribution is 2.65. The van der Waals surface area contributed by atoms with Crippen molar-refractivity contribution in [2.45, 2.75) is 31.9 Å². The molecular formula is C19H23F2N3O5. The maximum Gasteiger partial charge on any atom is 0.410 e. The van der Waals surface area contributed by atoms with E-state index in [0.29, 0.717) is 13.0 Å². The Morgan fingerprint density at radius 1 is 1.38 bits per heavy atom. The molecule has 4 rings (SSSR count). The van der Waals surface area contributed by atoms with E-state index in [1.165, 1.54) is 29.9 Å². The van der Waals surface area contributed by atoms with Gasteiger partial charge in [0.2, 0.25) is 5.91 Å². The molecule has 3 unspecified atom stereocenters. The van der Waals surface area contributed by atoms with Crippen LogP contribution in [0.4, 0.5) is 18.4 Å². The van der Waals surface area contributed by atoms with Crippen LogP contribution in [0.2, 0.25) is 0 Å². The van der Waals surface area contributed by atoms with Gasteiger partial charge in [-0.2, -0.15) is 0 Å². The van der Waals surface area contributed by atoms with E-state index in [4.69, 9.17) is 9.47 Å². The third-order valence-corrected chi connectivity index (χ3v) is 6.19. The van der Waals surface area contributed by atoms with Crippen molar-refractivity contribution in [3.8, 4) is 0 Å². The molecule has 8 nitrogen and oxygen atoms in total. The Hall–Kier alpha value is -2.65. The number of ether oxygens (including phenoxy) is 2. The number of likely N-dealkylation sites (tertiary alicyclic amines) is 1. The molecule has 0 bridgehead atoms. The summed E-state index contributed by atoms with van der Waals surface area (Å²) >= 11 is 0. The number of nitrogens with zero attached hydrogens (tertiary/aromatic N) is 2. The van der Waals surface area contributed by atoms with E-state index in [0.717, 1.165) is 0 Å². The second-order valence-corrected chi connectivity index (χ2v) is 8.07. The highest BCUT2D eigenvalue weighted by molar-refractivity contribution is 5.74. The lowest BCUT2D eigenvalue weighted by atomic mass is 9.87. The van der Waals surface area contributed by atoms with Crippen LogP contribution in [-0.2, 0) is 14.3 Å². The van der Waals surface area contributed by atoms with Crippen LogP contribution in [0.3, 0.4) is 0 Å². The first kappa shape index (κ1) is 19.7. The summed E-state index contributed by atoms with van der Waals surface area (Å²) in [7, 11) is 1.28. The smallest absolute Gasteiger partial charge is 0.410 e. The van der Waals surface area contributed by atoms with Crippen LogP contribution < -0.4 is 5.32 Å². The third kappa shape index (κ3) is 3.34. The van der Waals surface area contributed by atoms with Gasteiger partial charge >= 0.3 is 12.2 Å². The Labute approximate surface area is 166 Å². The average Bonchev–Trinajstić information content (AvgIpc) is 3.02. The Bertz CT molecular complexity index is 829. The molecule has 3 fully saturated rings. The standard InChI is InChI=1S/C19H23F2N3O5/c1-10(25)22-6-13-8-24(18(27)29-13)12-3-14(20)16(15(21)4-12)19-5-11(19)7-23(9-19)17(26)28-2/h3,11-13H,4-9H2,1-2H3,(H,22,25)/t11?,12?,13-,19?/m0/s1. The fraction of sp³-hybridized carbons (Fsp3) is 0.632. The van der Waals surface area contributed by atoms with Gasteiger partial charge in [-0.1, -0.05) is 0 Å². The van der Waals surface area contributed by atoms with Crippen molar-refractivity contribution in [3.63, 3.8) is 0 Å². The predicted molar refractivity (Wildman–Crippen MR) is 95.9 cm³/mol. The van der Waals surface area contributed by atoms with E-state index in [1.54, 1.807) is 0 Å². The van der Waals surface area contributed by atoms with Gasteiger partial charge in [0.15, 0.2) is 0 Å². The average molecular weight is 411 g/mol. The van der Waals surface area contributed by atoms with Crippen molar-refractivity contribution < 1.29 is 32.6 Å². The van der Waals surface area contributed by atoms with Crippen LogP contribution in [0.25, 0.3) is 0 Å². The van der Waals surface area contributed by atoms with Gasteiger partial charge < -0.3 is 19.7 Å². The molecule has 0 aromatic heterocycles. The van der Waals surface area contributed by atoms with Crippen LogP contribution >= 0.6 is 0 Å². The predicted octanol–water partition coefficient (Wildman–Crippen LogP) is 1.88. The van der Waals surface area contributed by atoms with E-state index in [2.05, 4.69) is 5.32 Å². The van der Waals surface area contributed by atoms with Gasteiger partial charge in [0, 0.05) is 37.4 Å². The summed E-state index contributed by atoms with van der Waals surface area (Å²) in [6, 6.07) is -0.791. The molecule has 1 N–H and O–H groups in total. The Kier molecular flexibility index (Phi) is 4.74. The minimum Gasteiger partial charge on any atom is -0.453 e.